The molecule has 1 atom stereocenters. The van der Waals surface area contributed by atoms with Crippen molar-refractivity contribution in [2.24, 2.45) is 0 Å². The zero-order valence-electron chi connectivity index (χ0n) is 8.89. The Labute approximate surface area is 103 Å². The molecule has 0 radical (unpaired) electrons. The molecule has 0 bridgehead atoms. The number of aromatic nitrogens is 2. The molecule has 1 saturated heterocycles. The monoisotopic (exact) mass is 257 g/mol. The number of hydrogen-bond donors (Lipinski definition) is 0. The van der Waals surface area contributed by atoms with E-state index in [-0.39, 0.29) is 11.9 Å². The van der Waals surface area contributed by atoms with E-state index in [1.54, 1.807) is 0 Å². The van der Waals surface area contributed by atoms with Gasteiger partial charge in [0, 0.05) is 24.1 Å². The van der Waals surface area contributed by atoms with Crippen LogP contribution in [0.5, 0.6) is 0 Å². The molecule has 16 heavy (non-hydrogen) atoms. The number of rotatable bonds is 1. The highest BCUT2D eigenvalue weighted by Gasteiger charge is 2.25. The number of amides is 1. The van der Waals surface area contributed by atoms with Gasteiger partial charge in [-0.1, -0.05) is 11.6 Å². The summed E-state index contributed by atoms with van der Waals surface area (Å²) in [5.41, 5.74) is 0.364. The Morgan fingerprint density at radius 3 is 3.00 bits per heavy atom. The first-order chi connectivity index (χ1) is 7.68. The van der Waals surface area contributed by atoms with Crippen LogP contribution in [0.2, 0.25) is 5.15 Å². The molecule has 4 nitrogen and oxygen atoms in total. The highest BCUT2D eigenvalue weighted by Crippen LogP contribution is 2.17. The Kier molecular flexibility index (Phi) is 3.66. The van der Waals surface area contributed by atoms with E-state index in [9.17, 15) is 4.79 Å². The molecule has 2 heterocycles. The van der Waals surface area contributed by atoms with Crippen molar-refractivity contribution in [1.82, 2.24) is 14.9 Å². The molecule has 1 fully saturated rings. The molecule has 1 aromatic rings. The number of nitrogens with zero attached hydrogens (tertiary/aromatic N) is 3. The first-order valence-corrected chi connectivity index (χ1v) is 6.58. The molecule has 1 unspecified atom stereocenters. The van der Waals surface area contributed by atoms with Crippen LogP contribution in [0, 0.1) is 0 Å². The average molecular weight is 258 g/mol. The van der Waals surface area contributed by atoms with Crippen LogP contribution in [-0.2, 0) is 0 Å². The quantitative estimate of drug-likeness (QED) is 0.768. The molecule has 2 rings (SSSR count). The molecule has 0 aliphatic carbocycles. The summed E-state index contributed by atoms with van der Waals surface area (Å²) in [4.78, 5) is 21.8. The third kappa shape index (κ3) is 2.47. The van der Waals surface area contributed by atoms with Crippen molar-refractivity contribution in [2.45, 2.75) is 13.0 Å². The van der Waals surface area contributed by atoms with Gasteiger partial charge < -0.3 is 4.90 Å². The van der Waals surface area contributed by atoms with Gasteiger partial charge in [-0.2, -0.15) is 11.8 Å². The predicted octanol–water partition coefficient (Wildman–Crippen LogP) is 1.71. The van der Waals surface area contributed by atoms with Crippen LogP contribution in [-0.4, -0.2) is 44.9 Å². The highest BCUT2D eigenvalue weighted by atomic mass is 35.5. The molecule has 6 heteroatoms. The maximum absolute atomic E-state index is 12.1. The summed E-state index contributed by atoms with van der Waals surface area (Å²) in [5, 5.41) is 0.304. The second-order valence-corrected chi connectivity index (χ2v) is 5.18. The van der Waals surface area contributed by atoms with E-state index in [1.807, 2.05) is 23.6 Å². The molecule has 0 aromatic carbocycles. The fourth-order valence-corrected chi connectivity index (χ4v) is 2.71. The predicted molar refractivity (Wildman–Crippen MR) is 64.9 cm³/mol. The third-order valence-electron chi connectivity index (χ3n) is 2.47. The van der Waals surface area contributed by atoms with E-state index in [0.29, 0.717) is 10.8 Å². The minimum absolute atomic E-state index is 0.0584. The van der Waals surface area contributed by atoms with Crippen molar-refractivity contribution in [1.29, 1.82) is 0 Å². The van der Waals surface area contributed by atoms with Gasteiger partial charge in [-0.15, -0.1) is 0 Å². The van der Waals surface area contributed by atoms with Crippen molar-refractivity contribution in [3.8, 4) is 0 Å². The van der Waals surface area contributed by atoms with Gasteiger partial charge in [0.2, 0.25) is 0 Å². The molecule has 86 valence electrons. The average Bonchev–Trinajstić information content (AvgIpc) is 2.30. The molecule has 1 aliphatic rings. The Hall–Kier alpha value is -0.810. The van der Waals surface area contributed by atoms with E-state index in [0.717, 1.165) is 18.1 Å². The van der Waals surface area contributed by atoms with Gasteiger partial charge in [-0.05, 0) is 6.92 Å². The van der Waals surface area contributed by atoms with Crippen LogP contribution in [0.3, 0.4) is 0 Å². The van der Waals surface area contributed by atoms with Crippen molar-refractivity contribution in [2.75, 3.05) is 18.1 Å². The standard InChI is InChI=1S/C10H12ClN3OS/c1-7-6-16-3-2-14(7)10(15)8-4-13-9(11)5-12-8/h4-5,7H,2-3,6H2,1H3. The van der Waals surface area contributed by atoms with Gasteiger partial charge in [0.05, 0.1) is 12.4 Å². The summed E-state index contributed by atoms with van der Waals surface area (Å²) < 4.78 is 0. The van der Waals surface area contributed by atoms with Crippen molar-refractivity contribution in [3.05, 3.63) is 23.2 Å². The van der Waals surface area contributed by atoms with Gasteiger partial charge in [0.15, 0.2) is 0 Å². The normalized spacial score (nSPS) is 20.9. The fraction of sp³-hybridized carbons (Fsp3) is 0.500. The van der Waals surface area contributed by atoms with Crippen molar-refractivity contribution >= 4 is 29.3 Å². The van der Waals surface area contributed by atoms with Crippen LogP contribution >= 0.6 is 23.4 Å². The van der Waals surface area contributed by atoms with Gasteiger partial charge >= 0.3 is 0 Å². The first-order valence-electron chi connectivity index (χ1n) is 5.05. The number of halogens is 1. The highest BCUT2D eigenvalue weighted by molar-refractivity contribution is 7.99. The Balaban J connectivity index is 2.14. The van der Waals surface area contributed by atoms with Crippen molar-refractivity contribution in [3.63, 3.8) is 0 Å². The lowest BCUT2D eigenvalue weighted by Crippen LogP contribution is -2.44. The Morgan fingerprint density at radius 1 is 1.56 bits per heavy atom. The summed E-state index contributed by atoms with van der Waals surface area (Å²) in [7, 11) is 0. The van der Waals surface area contributed by atoms with E-state index in [4.69, 9.17) is 11.6 Å². The smallest absolute Gasteiger partial charge is 0.274 e. The minimum Gasteiger partial charge on any atom is -0.333 e. The maximum atomic E-state index is 12.1. The van der Waals surface area contributed by atoms with Crippen molar-refractivity contribution < 1.29 is 4.79 Å². The number of hydrogen-bond acceptors (Lipinski definition) is 4. The SMILES string of the molecule is CC1CSCCN1C(=O)c1cnc(Cl)cn1. The second kappa shape index (κ2) is 5.01. The summed E-state index contributed by atoms with van der Waals surface area (Å²) >= 11 is 7.50. The molecule has 0 N–H and O–H groups in total. The summed E-state index contributed by atoms with van der Waals surface area (Å²) in [6.45, 7) is 2.82. The summed E-state index contributed by atoms with van der Waals surface area (Å²) in [6.07, 6.45) is 2.83. The lowest BCUT2D eigenvalue weighted by Gasteiger charge is -2.32. The van der Waals surface area contributed by atoms with E-state index in [2.05, 4.69) is 9.97 Å². The van der Waals surface area contributed by atoms with Gasteiger partial charge in [-0.3, -0.25) is 4.79 Å². The number of carbonyl (C=O) groups excluding carboxylic acids is 1. The van der Waals surface area contributed by atoms with Crippen LogP contribution in [0.25, 0.3) is 0 Å². The molecule has 0 spiro atoms. The van der Waals surface area contributed by atoms with E-state index >= 15 is 0 Å². The van der Waals surface area contributed by atoms with Crippen LogP contribution < -0.4 is 0 Å². The summed E-state index contributed by atoms with van der Waals surface area (Å²) in [5.74, 6) is 1.90. The molecule has 1 aromatic heterocycles. The molecule has 1 amide bonds. The minimum atomic E-state index is -0.0584. The van der Waals surface area contributed by atoms with Crippen LogP contribution in [0.15, 0.2) is 12.4 Å². The van der Waals surface area contributed by atoms with E-state index in [1.165, 1.54) is 12.4 Å². The number of thioether (sulfide) groups is 1. The topological polar surface area (TPSA) is 46.1 Å². The Bertz CT molecular complexity index is 384. The lowest BCUT2D eigenvalue weighted by atomic mass is 10.2. The van der Waals surface area contributed by atoms with E-state index < -0.39 is 0 Å². The second-order valence-electron chi connectivity index (χ2n) is 3.65. The third-order valence-corrected chi connectivity index (χ3v) is 3.85. The molecule has 1 aliphatic heterocycles. The molecular weight excluding hydrogens is 246 g/mol. The zero-order valence-corrected chi connectivity index (χ0v) is 10.5. The lowest BCUT2D eigenvalue weighted by molar-refractivity contribution is 0.0709. The molecular formula is C10H12ClN3OS. The van der Waals surface area contributed by atoms with Crippen LogP contribution in [0.4, 0.5) is 0 Å². The maximum Gasteiger partial charge on any atom is 0.274 e. The first kappa shape index (κ1) is 11.7. The van der Waals surface area contributed by atoms with Gasteiger partial charge in [-0.25, -0.2) is 9.97 Å². The van der Waals surface area contributed by atoms with Crippen LogP contribution in [0.1, 0.15) is 17.4 Å². The van der Waals surface area contributed by atoms with Gasteiger partial charge in [0.25, 0.3) is 5.91 Å². The van der Waals surface area contributed by atoms with Gasteiger partial charge in [0.1, 0.15) is 10.8 Å². The largest absolute Gasteiger partial charge is 0.333 e. The Morgan fingerprint density at radius 2 is 2.38 bits per heavy atom. The molecule has 0 saturated carbocycles. The fourth-order valence-electron chi connectivity index (χ4n) is 1.60. The zero-order chi connectivity index (χ0) is 11.5. The summed E-state index contributed by atoms with van der Waals surface area (Å²) in [6, 6.07) is 0.253. The number of carbonyl (C=O) groups is 1.